The van der Waals surface area contributed by atoms with Crippen LogP contribution in [0.5, 0.6) is 0 Å². The van der Waals surface area contributed by atoms with Crippen LogP contribution in [0.2, 0.25) is 0 Å². The third-order valence-electron chi connectivity index (χ3n) is 4.50. The number of hydrogen-bond donors (Lipinski definition) is 1. The maximum Gasteiger partial charge on any atom is 0.409 e. The van der Waals surface area contributed by atoms with Gasteiger partial charge in [0, 0.05) is 32.6 Å². The molecule has 8 heteroatoms. The number of nitrogens with one attached hydrogen (secondary N) is 1. The van der Waals surface area contributed by atoms with Crippen molar-refractivity contribution in [3.8, 4) is 6.07 Å². The highest BCUT2D eigenvalue weighted by molar-refractivity contribution is 5.88. The number of nitrogens with zero attached hydrogens (tertiary/aromatic N) is 3. The second kappa shape index (κ2) is 10.9. The molecule has 0 spiro atoms. The fourth-order valence-corrected chi connectivity index (χ4v) is 3.04. The Morgan fingerprint density at radius 3 is 2.39 bits per heavy atom. The lowest BCUT2D eigenvalue weighted by Crippen LogP contribution is -2.56. The normalized spacial score (nSPS) is 14.7. The molecular weight excluding hydrogens is 360 g/mol. The summed E-state index contributed by atoms with van der Waals surface area (Å²) in [6.45, 7) is 3.56. The lowest BCUT2D eigenvalue weighted by Gasteiger charge is -2.35. The van der Waals surface area contributed by atoms with E-state index >= 15 is 0 Å². The van der Waals surface area contributed by atoms with Crippen LogP contribution in [0.25, 0.3) is 0 Å². The minimum absolute atomic E-state index is 0.171. The van der Waals surface area contributed by atoms with Gasteiger partial charge in [-0.3, -0.25) is 9.59 Å². The number of carbonyl (C=O) groups excluding carboxylic acids is 3. The molecular formula is C20H26N4O4. The van der Waals surface area contributed by atoms with E-state index in [1.54, 1.807) is 16.7 Å². The molecule has 1 aliphatic heterocycles. The smallest absolute Gasteiger partial charge is 0.409 e. The van der Waals surface area contributed by atoms with Crippen molar-refractivity contribution in [2.24, 2.45) is 0 Å². The molecule has 1 saturated heterocycles. The molecule has 0 unspecified atom stereocenters. The van der Waals surface area contributed by atoms with E-state index in [9.17, 15) is 14.4 Å². The Balaban J connectivity index is 1.92. The summed E-state index contributed by atoms with van der Waals surface area (Å²) in [4.78, 5) is 40.2. The lowest BCUT2D eigenvalue weighted by atomic mass is 10.1. The second-order valence-corrected chi connectivity index (χ2v) is 6.49. The van der Waals surface area contributed by atoms with E-state index < -0.39 is 6.04 Å². The van der Waals surface area contributed by atoms with Crippen molar-refractivity contribution < 1.29 is 19.1 Å². The van der Waals surface area contributed by atoms with E-state index in [1.165, 1.54) is 0 Å². The Hall–Kier alpha value is -3.08. The van der Waals surface area contributed by atoms with E-state index in [1.807, 2.05) is 36.4 Å². The van der Waals surface area contributed by atoms with E-state index in [2.05, 4.69) is 5.32 Å². The highest BCUT2D eigenvalue weighted by Crippen LogP contribution is 2.09. The topological polar surface area (TPSA) is 103 Å². The number of nitriles is 1. The first kappa shape index (κ1) is 21.2. The molecule has 1 aromatic carbocycles. The van der Waals surface area contributed by atoms with Crippen molar-refractivity contribution in [3.05, 3.63) is 35.9 Å². The first-order chi connectivity index (χ1) is 13.5. The van der Waals surface area contributed by atoms with Crippen LogP contribution in [0.3, 0.4) is 0 Å². The van der Waals surface area contributed by atoms with Gasteiger partial charge in [-0.05, 0) is 18.9 Å². The zero-order valence-corrected chi connectivity index (χ0v) is 16.1. The van der Waals surface area contributed by atoms with Gasteiger partial charge >= 0.3 is 6.09 Å². The number of piperazine rings is 1. The van der Waals surface area contributed by atoms with Crippen LogP contribution in [0.1, 0.15) is 25.3 Å². The molecule has 0 radical (unpaired) electrons. The number of benzene rings is 1. The summed E-state index contributed by atoms with van der Waals surface area (Å²) in [6.07, 6.45) is 0.221. The number of ether oxygens (including phenoxy) is 1. The third-order valence-corrected chi connectivity index (χ3v) is 4.50. The molecule has 1 N–H and O–H groups in total. The van der Waals surface area contributed by atoms with E-state index in [-0.39, 0.29) is 37.2 Å². The quantitative estimate of drug-likeness (QED) is 0.761. The lowest BCUT2D eigenvalue weighted by molar-refractivity contribution is -0.137. The van der Waals surface area contributed by atoms with Gasteiger partial charge < -0.3 is 19.9 Å². The molecule has 1 heterocycles. The molecule has 28 heavy (non-hydrogen) atoms. The summed E-state index contributed by atoms with van der Waals surface area (Å²) in [6, 6.07) is 10.5. The zero-order valence-electron chi connectivity index (χ0n) is 16.1. The first-order valence-corrected chi connectivity index (χ1v) is 9.45. The Bertz CT molecular complexity index is 709. The molecule has 0 bridgehead atoms. The minimum Gasteiger partial charge on any atom is -0.450 e. The minimum atomic E-state index is -0.745. The number of rotatable bonds is 7. The summed E-state index contributed by atoms with van der Waals surface area (Å²) in [5.41, 5.74) is 0.856. The van der Waals surface area contributed by atoms with Gasteiger partial charge in [0.25, 0.3) is 0 Å². The average Bonchev–Trinajstić information content (AvgIpc) is 2.71. The predicted molar refractivity (Wildman–Crippen MR) is 102 cm³/mol. The SMILES string of the molecule is CCOC(=O)N1CCN(C(=O)[C@H](CCC#N)NC(=O)Cc2ccccc2)CC1. The van der Waals surface area contributed by atoms with Crippen LogP contribution < -0.4 is 5.32 Å². The van der Waals surface area contributed by atoms with Crippen LogP contribution in [-0.4, -0.2) is 66.5 Å². The molecule has 1 aromatic rings. The number of carbonyl (C=O) groups is 3. The highest BCUT2D eigenvalue weighted by Gasteiger charge is 2.30. The monoisotopic (exact) mass is 386 g/mol. The molecule has 0 aromatic heterocycles. The van der Waals surface area contributed by atoms with Crippen molar-refractivity contribution in [1.82, 2.24) is 15.1 Å². The predicted octanol–water partition coefficient (Wildman–Crippen LogP) is 1.32. The largest absolute Gasteiger partial charge is 0.450 e. The third kappa shape index (κ3) is 6.27. The summed E-state index contributed by atoms with van der Waals surface area (Å²) < 4.78 is 4.98. The van der Waals surface area contributed by atoms with Gasteiger partial charge in [-0.15, -0.1) is 0 Å². The van der Waals surface area contributed by atoms with E-state index in [0.717, 1.165) is 5.56 Å². The van der Waals surface area contributed by atoms with Crippen LogP contribution in [-0.2, 0) is 20.7 Å². The van der Waals surface area contributed by atoms with Crippen LogP contribution in [0.4, 0.5) is 4.79 Å². The van der Waals surface area contributed by atoms with Crippen molar-refractivity contribution >= 4 is 17.9 Å². The van der Waals surface area contributed by atoms with Gasteiger partial charge in [0.15, 0.2) is 0 Å². The number of amides is 3. The molecule has 8 nitrogen and oxygen atoms in total. The molecule has 1 fully saturated rings. The van der Waals surface area contributed by atoms with Crippen molar-refractivity contribution in [2.75, 3.05) is 32.8 Å². The van der Waals surface area contributed by atoms with Gasteiger partial charge in [0.1, 0.15) is 6.04 Å². The van der Waals surface area contributed by atoms with Crippen molar-refractivity contribution in [1.29, 1.82) is 5.26 Å². The molecule has 0 aliphatic carbocycles. The Labute approximate surface area is 165 Å². The van der Waals surface area contributed by atoms with Gasteiger partial charge in [-0.25, -0.2) is 4.79 Å². The Morgan fingerprint density at radius 1 is 1.14 bits per heavy atom. The van der Waals surface area contributed by atoms with Crippen LogP contribution >= 0.6 is 0 Å². The van der Waals surface area contributed by atoms with Gasteiger partial charge in [0.05, 0.1) is 19.1 Å². The highest BCUT2D eigenvalue weighted by atomic mass is 16.6. The zero-order chi connectivity index (χ0) is 20.4. The van der Waals surface area contributed by atoms with Gasteiger partial charge in [-0.1, -0.05) is 30.3 Å². The van der Waals surface area contributed by atoms with Crippen LogP contribution in [0.15, 0.2) is 30.3 Å². The summed E-state index contributed by atoms with van der Waals surface area (Å²) in [5, 5.41) is 11.6. The summed E-state index contributed by atoms with van der Waals surface area (Å²) in [5.74, 6) is -0.479. The van der Waals surface area contributed by atoms with Gasteiger partial charge in [-0.2, -0.15) is 5.26 Å². The average molecular weight is 386 g/mol. The van der Waals surface area contributed by atoms with Crippen LogP contribution in [0, 0.1) is 11.3 Å². The molecule has 3 amide bonds. The molecule has 1 aliphatic rings. The Kier molecular flexibility index (Phi) is 8.28. The number of hydrogen-bond acceptors (Lipinski definition) is 5. The summed E-state index contributed by atoms with van der Waals surface area (Å²) >= 11 is 0. The van der Waals surface area contributed by atoms with E-state index in [4.69, 9.17) is 10.00 Å². The molecule has 2 rings (SSSR count). The first-order valence-electron chi connectivity index (χ1n) is 9.45. The molecule has 1 atom stereocenters. The van der Waals surface area contributed by atoms with Gasteiger partial charge in [0.2, 0.25) is 11.8 Å². The van der Waals surface area contributed by atoms with Crippen molar-refractivity contribution in [3.63, 3.8) is 0 Å². The standard InChI is InChI=1S/C20H26N4O4/c1-2-28-20(27)24-13-11-23(12-14-24)19(26)17(9-6-10-21)22-18(25)15-16-7-4-3-5-8-16/h3-5,7-8,17H,2,6,9,11-15H2,1H3,(H,22,25)/t17-/m0/s1. The van der Waals surface area contributed by atoms with Crippen molar-refractivity contribution in [2.45, 2.75) is 32.2 Å². The summed E-state index contributed by atoms with van der Waals surface area (Å²) in [7, 11) is 0. The molecule has 150 valence electrons. The second-order valence-electron chi connectivity index (χ2n) is 6.49. The molecule has 0 saturated carbocycles. The fourth-order valence-electron chi connectivity index (χ4n) is 3.04. The Morgan fingerprint density at radius 2 is 1.79 bits per heavy atom. The maximum absolute atomic E-state index is 12.9. The fraction of sp³-hybridized carbons (Fsp3) is 0.500. The maximum atomic E-state index is 12.9. The van der Waals surface area contributed by atoms with E-state index in [0.29, 0.717) is 32.8 Å².